The van der Waals surface area contributed by atoms with Crippen LogP contribution in [-0.2, 0) is 16.0 Å². The van der Waals surface area contributed by atoms with Gasteiger partial charge in [-0.05, 0) is 60.3 Å². The summed E-state index contributed by atoms with van der Waals surface area (Å²) in [6.45, 7) is 14.1. The van der Waals surface area contributed by atoms with Crippen LogP contribution in [0.3, 0.4) is 0 Å². The Morgan fingerprint density at radius 1 is 1.16 bits per heavy atom. The number of piperidine rings is 1. The second-order valence-electron chi connectivity index (χ2n) is 12.5. The maximum absolute atomic E-state index is 14.1. The van der Waals surface area contributed by atoms with Crippen LogP contribution in [0.2, 0.25) is 0 Å². The van der Waals surface area contributed by atoms with Crippen molar-refractivity contribution in [2.45, 2.75) is 79.8 Å². The van der Waals surface area contributed by atoms with Crippen LogP contribution in [0.15, 0.2) is 18.5 Å². The fourth-order valence-electron chi connectivity index (χ4n) is 5.73. The summed E-state index contributed by atoms with van der Waals surface area (Å²) in [5.41, 5.74) is 4.07. The van der Waals surface area contributed by atoms with Crippen LogP contribution in [0, 0.1) is 24.7 Å². The normalized spacial score (nSPS) is 22.4. The van der Waals surface area contributed by atoms with Gasteiger partial charge in [0.2, 0.25) is 11.8 Å². The van der Waals surface area contributed by atoms with Crippen molar-refractivity contribution in [3.63, 3.8) is 0 Å². The van der Waals surface area contributed by atoms with E-state index in [-0.39, 0.29) is 40.9 Å². The summed E-state index contributed by atoms with van der Waals surface area (Å²) >= 11 is 0. The van der Waals surface area contributed by atoms with Gasteiger partial charge in [-0.3, -0.25) is 19.5 Å². The summed E-state index contributed by atoms with van der Waals surface area (Å²) in [5, 5.41) is 11.0. The molecule has 1 saturated carbocycles. The Labute approximate surface area is 222 Å². The summed E-state index contributed by atoms with van der Waals surface area (Å²) in [5.74, 6) is 0.261. The highest BCUT2D eigenvalue weighted by Gasteiger charge is 2.64. The first-order chi connectivity index (χ1) is 17.8. The molecule has 38 heavy (non-hydrogen) atoms. The molecule has 9 heteroatoms. The largest absolute Gasteiger partial charge is 0.354 e. The Kier molecular flexibility index (Phi) is 6.16. The number of aryl methyl sites for hydroxylation is 2. The number of Topliss-reactive ketones (excluding diaryl/α,β-unsaturated/α-hetero) is 1. The quantitative estimate of drug-likeness (QED) is 0.479. The van der Waals surface area contributed by atoms with Crippen molar-refractivity contribution in [1.82, 2.24) is 30.4 Å². The lowest BCUT2D eigenvalue weighted by atomic mass is 9.91. The van der Waals surface area contributed by atoms with Gasteiger partial charge >= 0.3 is 0 Å². The van der Waals surface area contributed by atoms with Crippen molar-refractivity contribution in [2.24, 2.45) is 10.8 Å². The summed E-state index contributed by atoms with van der Waals surface area (Å²) < 4.78 is 0. The van der Waals surface area contributed by atoms with Crippen LogP contribution in [0.25, 0.3) is 22.0 Å². The van der Waals surface area contributed by atoms with E-state index in [0.29, 0.717) is 41.0 Å². The SMILES string of the molecule is CC(=O)c1[nH]nc2c(C)cc(-c3cnc(C)nc3)c(CC(=O)N3[C@H](C(=O)NCC(C)(C)C)C[C@@]4(C)C[C@@H]34)c12. The molecule has 2 amide bonds. The molecule has 1 aliphatic carbocycles. The molecule has 2 N–H and O–H groups in total. The molecule has 3 heterocycles. The molecule has 0 bridgehead atoms. The Morgan fingerprint density at radius 2 is 1.84 bits per heavy atom. The third-order valence-electron chi connectivity index (χ3n) is 7.92. The van der Waals surface area contributed by atoms with Gasteiger partial charge in [0, 0.05) is 42.9 Å². The summed E-state index contributed by atoms with van der Waals surface area (Å²) in [6.07, 6.45) is 5.07. The van der Waals surface area contributed by atoms with Gasteiger partial charge in [0.15, 0.2) is 5.78 Å². The number of H-pyrrole nitrogens is 1. The van der Waals surface area contributed by atoms with Crippen LogP contribution < -0.4 is 5.32 Å². The predicted octanol–water partition coefficient (Wildman–Crippen LogP) is 3.92. The van der Waals surface area contributed by atoms with Gasteiger partial charge in [-0.25, -0.2) is 9.97 Å². The number of benzene rings is 1. The number of aromatic amines is 1. The molecule has 1 aromatic carbocycles. The van der Waals surface area contributed by atoms with Crippen molar-refractivity contribution in [2.75, 3.05) is 6.54 Å². The number of nitrogens with one attached hydrogen (secondary N) is 2. The first-order valence-corrected chi connectivity index (χ1v) is 13.2. The number of hydrogen-bond acceptors (Lipinski definition) is 6. The molecular weight excluding hydrogens is 480 g/mol. The number of amides is 2. The van der Waals surface area contributed by atoms with Gasteiger partial charge in [0.25, 0.3) is 0 Å². The van der Waals surface area contributed by atoms with Gasteiger partial charge in [0.05, 0.1) is 11.9 Å². The zero-order valence-corrected chi connectivity index (χ0v) is 23.2. The number of fused-ring (bicyclic) bond motifs is 2. The summed E-state index contributed by atoms with van der Waals surface area (Å²) in [6, 6.07) is 1.52. The van der Waals surface area contributed by atoms with Gasteiger partial charge in [-0.15, -0.1) is 0 Å². The minimum Gasteiger partial charge on any atom is -0.354 e. The Bertz CT molecular complexity index is 1450. The third kappa shape index (κ3) is 4.59. The standard InChI is InChI=1S/C29H36N6O3/c1-15-8-19(18-12-30-17(3)31-13-18)20(24-25(15)33-34-26(24)16(2)36)9-23(37)35-21(10-29(7)11-22(29)35)27(38)32-14-28(4,5)6/h8,12-13,21-22H,9-11,14H2,1-7H3,(H,32,38)(H,33,34)/t21-,22+,29-/m0/s1. The Morgan fingerprint density at radius 3 is 2.47 bits per heavy atom. The second-order valence-corrected chi connectivity index (χ2v) is 12.5. The number of hydrogen-bond donors (Lipinski definition) is 2. The number of likely N-dealkylation sites (tertiary alicyclic amines) is 1. The molecule has 0 radical (unpaired) electrons. The van der Waals surface area contributed by atoms with E-state index >= 15 is 0 Å². The molecule has 2 aliphatic rings. The molecule has 0 unspecified atom stereocenters. The Balaban J connectivity index is 1.56. The minimum atomic E-state index is -0.502. The number of nitrogens with zero attached hydrogens (tertiary/aromatic N) is 4. The monoisotopic (exact) mass is 516 g/mol. The number of carbonyl (C=O) groups is 3. The smallest absolute Gasteiger partial charge is 0.242 e. The number of ketones is 1. The fourth-order valence-corrected chi connectivity index (χ4v) is 5.73. The lowest BCUT2D eigenvalue weighted by Gasteiger charge is -2.29. The fraction of sp³-hybridized carbons (Fsp3) is 0.517. The Hall–Kier alpha value is -3.62. The molecule has 3 atom stereocenters. The topological polar surface area (TPSA) is 121 Å². The van der Waals surface area contributed by atoms with Crippen molar-refractivity contribution in [1.29, 1.82) is 0 Å². The van der Waals surface area contributed by atoms with E-state index in [0.717, 1.165) is 23.1 Å². The summed E-state index contributed by atoms with van der Waals surface area (Å²) in [4.78, 5) is 50.4. The molecule has 2 aromatic heterocycles. The van der Waals surface area contributed by atoms with Crippen LogP contribution in [0.1, 0.15) is 74.9 Å². The molecule has 3 aromatic rings. The molecular formula is C29H36N6O3. The lowest BCUT2D eigenvalue weighted by Crippen LogP contribution is -2.49. The van der Waals surface area contributed by atoms with Gasteiger partial charge in [-0.2, -0.15) is 5.10 Å². The van der Waals surface area contributed by atoms with Crippen LogP contribution >= 0.6 is 0 Å². The maximum Gasteiger partial charge on any atom is 0.242 e. The molecule has 9 nitrogen and oxygen atoms in total. The zero-order valence-electron chi connectivity index (χ0n) is 23.2. The molecule has 5 rings (SSSR count). The zero-order chi connectivity index (χ0) is 27.6. The van der Waals surface area contributed by atoms with Crippen LogP contribution in [0.4, 0.5) is 0 Å². The van der Waals surface area contributed by atoms with Crippen LogP contribution in [-0.4, -0.2) is 61.3 Å². The van der Waals surface area contributed by atoms with Gasteiger partial charge < -0.3 is 10.2 Å². The van der Waals surface area contributed by atoms with E-state index < -0.39 is 6.04 Å². The molecule has 0 spiro atoms. The van der Waals surface area contributed by atoms with Gasteiger partial charge in [-0.1, -0.05) is 27.7 Å². The minimum absolute atomic E-state index is 0.0319. The average Bonchev–Trinajstić information content (AvgIpc) is 3.17. The molecule has 2 fully saturated rings. The number of carbonyl (C=O) groups excluding carboxylic acids is 3. The van der Waals surface area contributed by atoms with Crippen molar-refractivity contribution >= 4 is 28.5 Å². The lowest BCUT2D eigenvalue weighted by molar-refractivity contribution is -0.139. The summed E-state index contributed by atoms with van der Waals surface area (Å²) in [7, 11) is 0. The second kappa shape index (κ2) is 8.99. The van der Waals surface area contributed by atoms with Crippen molar-refractivity contribution in [3.8, 4) is 11.1 Å². The van der Waals surface area contributed by atoms with E-state index in [4.69, 9.17) is 0 Å². The highest BCUT2D eigenvalue weighted by atomic mass is 16.2. The van der Waals surface area contributed by atoms with Gasteiger partial charge in [0.1, 0.15) is 17.6 Å². The predicted molar refractivity (Wildman–Crippen MR) is 145 cm³/mol. The van der Waals surface area contributed by atoms with E-state index in [9.17, 15) is 14.4 Å². The molecule has 200 valence electrons. The average molecular weight is 517 g/mol. The third-order valence-corrected chi connectivity index (χ3v) is 7.92. The molecule has 1 saturated heterocycles. The first kappa shape index (κ1) is 26.0. The molecule has 1 aliphatic heterocycles. The number of aromatic nitrogens is 4. The first-order valence-electron chi connectivity index (χ1n) is 13.2. The van der Waals surface area contributed by atoms with Crippen molar-refractivity contribution < 1.29 is 14.4 Å². The highest BCUT2D eigenvalue weighted by Crippen LogP contribution is 2.59. The van der Waals surface area contributed by atoms with E-state index in [2.05, 4.69) is 53.2 Å². The highest BCUT2D eigenvalue weighted by molar-refractivity contribution is 6.09. The maximum atomic E-state index is 14.1. The van der Waals surface area contributed by atoms with E-state index in [1.807, 2.05) is 19.9 Å². The van der Waals surface area contributed by atoms with E-state index in [1.54, 1.807) is 17.3 Å². The van der Waals surface area contributed by atoms with Crippen molar-refractivity contribution in [3.05, 3.63) is 41.1 Å². The number of rotatable bonds is 6. The van der Waals surface area contributed by atoms with E-state index in [1.165, 1.54) is 6.92 Å². The van der Waals surface area contributed by atoms with Crippen LogP contribution in [0.5, 0.6) is 0 Å².